The smallest absolute Gasteiger partial charge is 0.303 e. The van der Waals surface area contributed by atoms with E-state index in [-0.39, 0.29) is 23.7 Å². The molecule has 0 aliphatic carbocycles. The predicted molar refractivity (Wildman–Crippen MR) is 68.6 cm³/mol. The van der Waals surface area contributed by atoms with Crippen molar-refractivity contribution in [3.05, 3.63) is 16.7 Å². The molecule has 18 heavy (non-hydrogen) atoms. The molecular weight excluding hydrogens is 236 g/mol. The zero-order valence-electron chi connectivity index (χ0n) is 10.5. The molecule has 100 valence electrons. The number of hydrogen-bond donors (Lipinski definition) is 3. The minimum absolute atomic E-state index is 0.0570. The Morgan fingerprint density at radius 2 is 2.28 bits per heavy atom. The number of hydrogen-bond acceptors (Lipinski definition) is 5. The maximum absolute atomic E-state index is 11.4. The molecule has 0 fully saturated rings. The van der Waals surface area contributed by atoms with Crippen LogP contribution >= 0.6 is 0 Å². The summed E-state index contributed by atoms with van der Waals surface area (Å²) in [6.07, 6.45) is 1.84. The fourth-order valence-electron chi connectivity index (χ4n) is 1.64. The summed E-state index contributed by atoms with van der Waals surface area (Å²) in [5, 5.41) is 8.62. The lowest BCUT2D eigenvalue weighted by molar-refractivity contribution is -0.137. The maximum atomic E-state index is 11.4. The third-order valence-corrected chi connectivity index (χ3v) is 2.55. The Morgan fingerprint density at radius 1 is 1.61 bits per heavy atom. The van der Waals surface area contributed by atoms with Gasteiger partial charge >= 0.3 is 5.97 Å². The number of nitrogens with zero attached hydrogens (tertiary/aromatic N) is 2. The van der Waals surface area contributed by atoms with Gasteiger partial charge in [0.1, 0.15) is 5.69 Å². The molecule has 0 amide bonds. The van der Waals surface area contributed by atoms with Crippen LogP contribution in [0.5, 0.6) is 0 Å². The average Bonchev–Trinajstić information content (AvgIpc) is 2.28. The number of H-pyrrole nitrogens is 1. The lowest BCUT2D eigenvalue weighted by Gasteiger charge is -2.28. The lowest BCUT2D eigenvalue weighted by atomic mass is 10.2. The predicted octanol–water partition coefficient (Wildman–Crippen LogP) is 0.432. The number of aromatic amines is 1. The van der Waals surface area contributed by atoms with Crippen molar-refractivity contribution in [3.63, 3.8) is 0 Å². The Bertz CT molecular complexity index is 470. The highest BCUT2D eigenvalue weighted by Crippen LogP contribution is 2.18. The molecule has 1 aromatic heterocycles. The van der Waals surface area contributed by atoms with E-state index in [4.69, 9.17) is 10.8 Å². The van der Waals surface area contributed by atoms with E-state index in [2.05, 4.69) is 9.97 Å². The van der Waals surface area contributed by atoms with Gasteiger partial charge in [-0.3, -0.25) is 9.59 Å². The van der Waals surface area contributed by atoms with Crippen LogP contribution in [0, 0.1) is 0 Å². The molecule has 4 N–H and O–H groups in total. The first-order valence-corrected chi connectivity index (χ1v) is 5.75. The summed E-state index contributed by atoms with van der Waals surface area (Å²) in [4.78, 5) is 30.2. The molecule has 0 saturated heterocycles. The summed E-state index contributed by atoms with van der Waals surface area (Å²) < 4.78 is 0. The van der Waals surface area contributed by atoms with Crippen LogP contribution in [-0.4, -0.2) is 33.6 Å². The zero-order valence-corrected chi connectivity index (χ0v) is 10.5. The Labute approximate surface area is 105 Å². The van der Waals surface area contributed by atoms with Gasteiger partial charge in [-0.1, -0.05) is 0 Å². The minimum Gasteiger partial charge on any atom is -0.481 e. The molecular formula is C11H18N4O3. The summed E-state index contributed by atoms with van der Waals surface area (Å²) in [6.45, 7) is 4.36. The van der Waals surface area contributed by atoms with Gasteiger partial charge in [0.2, 0.25) is 0 Å². The van der Waals surface area contributed by atoms with Gasteiger partial charge in [0, 0.05) is 19.0 Å². The second-order valence-electron chi connectivity index (χ2n) is 4.25. The van der Waals surface area contributed by atoms with Crippen LogP contribution in [0.3, 0.4) is 0 Å². The second-order valence-corrected chi connectivity index (χ2v) is 4.25. The van der Waals surface area contributed by atoms with Gasteiger partial charge in [-0.05, 0) is 20.3 Å². The number of nitrogens with two attached hydrogens (primary N) is 1. The molecule has 0 aliphatic rings. The molecule has 0 radical (unpaired) electrons. The van der Waals surface area contributed by atoms with E-state index in [1.165, 1.54) is 6.33 Å². The number of aliphatic carboxylic acids is 1. The van der Waals surface area contributed by atoms with Crippen molar-refractivity contribution < 1.29 is 9.90 Å². The largest absolute Gasteiger partial charge is 0.481 e. The monoisotopic (exact) mass is 254 g/mol. The molecule has 1 aromatic rings. The number of nitrogen functional groups attached to an aromatic ring is 1. The molecule has 1 rings (SSSR count). The first kappa shape index (κ1) is 14.0. The van der Waals surface area contributed by atoms with Gasteiger partial charge in [-0.25, -0.2) is 4.98 Å². The SMILES string of the molecule is CC(C)N(CCCC(=O)O)c1nc[nH]c(=O)c1N. The van der Waals surface area contributed by atoms with Crippen LogP contribution < -0.4 is 16.2 Å². The summed E-state index contributed by atoms with van der Waals surface area (Å²) in [7, 11) is 0. The van der Waals surface area contributed by atoms with Crippen molar-refractivity contribution >= 4 is 17.5 Å². The Morgan fingerprint density at radius 3 is 2.83 bits per heavy atom. The van der Waals surface area contributed by atoms with Crippen molar-refractivity contribution in [2.45, 2.75) is 32.7 Å². The third kappa shape index (κ3) is 3.47. The molecule has 1 heterocycles. The minimum atomic E-state index is -0.842. The molecule has 0 unspecified atom stereocenters. The average molecular weight is 254 g/mol. The van der Waals surface area contributed by atoms with E-state index in [1.807, 2.05) is 18.7 Å². The summed E-state index contributed by atoms with van der Waals surface area (Å²) >= 11 is 0. The molecule has 0 aromatic carbocycles. The number of carbonyl (C=O) groups is 1. The van der Waals surface area contributed by atoms with Crippen LogP contribution in [0.25, 0.3) is 0 Å². The van der Waals surface area contributed by atoms with E-state index in [0.717, 1.165) is 0 Å². The molecule has 0 aliphatic heterocycles. The van der Waals surface area contributed by atoms with Crippen LogP contribution in [-0.2, 0) is 4.79 Å². The number of anilines is 2. The molecule has 7 nitrogen and oxygen atoms in total. The molecule has 0 spiro atoms. The van der Waals surface area contributed by atoms with E-state index in [1.54, 1.807) is 0 Å². The molecule has 7 heteroatoms. The topological polar surface area (TPSA) is 112 Å². The highest BCUT2D eigenvalue weighted by atomic mass is 16.4. The van der Waals surface area contributed by atoms with E-state index in [0.29, 0.717) is 18.8 Å². The van der Waals surface area contributed by atoms with Gasteiger partial charge in [0.25, 0.3) is 5.56 Å². The van der Waals surface area contributed by atoms with Crippen molar-refractivity contribution in [3.8, 4) is 0 Å². The quantitative estimate of drug-likeness (QED) is 0.678. The van der Waals surface area contributed by atoms with Crippen LogP contribution in [0.1, 0.15) is 26.7 Å². The molecule has 0 atom stereocenters. The maximum Gasteiger partial charge on any atom is 0.303 e. The lowest BCUT2D eigenvalue weighted by Crippen LogP contribution is -2.35. The fraction of sp³-hybridized carbons (Fsp3) is 0.545. The van der Waals surface area contributed by atoms with E-state index < -0.39 is 5.97 Å². The third-order valence-electron chi connectivity index (χ3n) is 2.55. The van der Waals surface area contributed by atoms with Gasteiger partial charge in [-0.15, -0.1) is 0 Å². The van der Waals surface area contributed by atoms with Crippen molar-refractivity contribution in [1.29, 1.82) is 0 Å². The zero-order chi connectivity index (χ0) is 13.7. The number of rotatable bonds is 6. The molecule has 0 saturated carbocycles. The van der Waals surface area contributed by atoms with Gasteiger partial charge in [-0.2, -0.15) is 0 Å². The second kappa shape index (κ2) is 6.04. The van der Waals surface area contributed by atoms with E-state index >= 15 is 0 Å². The Hall–Kier alpha value is -2.05. The number of nitrogens with one attached hydrogen (secondary N) is 1. The molecule has 0 bridgehead atoms. The normalized spacial score (nSPS) is 10.6. The fourth-order valence-corrected chi connectivity index (χ4v) is 1.64. The van der Waals surface area contributed by atoms with Crippen LogP contribution in [0.15, 0.2) is 11.1 Å². The Balaban J connectivity index is 2.88. The van der Waals surface area contributed by atoms with Gasteiger partial charge in [0.05, 0.1) is 6.33 Å². The first-order chi connectivity index (χ1) is 8.43. The number of carboxylic acids is 1. The van der Waals surface area contributed by atoms with Crippen molar-refractivity contribution in [2.24, 2.45) is 0 Å². The highest BCUT2D eigenvalue weighted by Gasteiger charge is 2.16. The summed E-state index contributed by atoms with van der Waals surface area (Å²) in [5.74, 6) is -0.440. The number of carboxylic acid groups (broad SMARTS) is 1. The van der Waals surface area contributed by atoms with Gasteiger partial charge < -0.3 is 20.7 Å². The van der Waals surface area contributed by atoms with Crippen LogP contribution in [0.2, 0.25) is 0 Å². The van der Waals surface area contributed by atoms with Gasteiger partial charge in [0.15, 0.2) is 5.82 Å². The summed E-state index contributed by atoms with van der Waals surface area (Å²) in [6, 6.07) is 0.0791. The summed E-state index contributed by atoms with van der Waals surface area (Å²) in [5.41, 5.74) is 5.36. The number of aromatic nitrogens is 2. The highest BCUT2D eigenvalue weighted by molar-refractivity contribution is 5.67. The van der Waals surface area contributed by atoms with E-state index in [9.17, 15) is 9.59 Å². The van der Waals surface area contributed by atoms with Crippen molar-refractivity contribution in [2.75, 3.05) is 17.2 Å². The Kier molecular flexibility index (Phi) is 4.70. The van der Waals surface area contributed by atoms with Crippen LogP contribution in [0.4, 0.5) is 11.5 Å². The van der Waals surface area contributed by atoms with Crippen molar-refractivity contribution in [1.82, 2.24) is 9.97 Å². The first-order valence-electron chi connectivity index (χ1n) is 5.75. The standard InChI is InChI=1S/C11H18N4O3/c1-7(2)15(5-3-4-8(16)17)10-9(12)11(18)14-6-13-10/h6-7H,3-5,12H2,1-2H3,(H,16,17)(H,13,14,18).